The highest BCUT2D eigenvalue weighted by atomic mass is 16.4. The molecule has 0 spiro atoms. The van der Waals surface area contributed by atoms with Crippen LogP contribution in [-0.2, 0) is 6.42 Å². The van der Waals surface area contributed by atoms with Gasteiger partial charge in [0.15, 0.2) is 0 Å². The summed E-state index contributed by atoms with van der Waals surface area (Å²) < 4.78 is 0. The van der Waals surface area contributed by atoms with Crippen molar-refractivity contribution < 1.29 is 29.4 Å². The first kappa shape index (κ1) is 65.2. The Labute approximate surface area is 563 Å². The lowest BCUT2D eigenvalue weighted by atomic mass is 9.99. The van der Waals surface area contributed by atoms with Crippen LogP contribution in [0.25, 0.3) is 89.5 Å². The number of likely N-dealkylation sites (tertiary alicyclic amines) is 3. The maximum Gasteiger partial charge on any atom is 0.335 e. The number of rotatable bonds is 18. The van der Waals surface area contributed by atoms with Crippen molar-refractivity contribution in [3.05, 3.63) is 203 Å². The summed E-state index contributed by atoms with van der Waals surface area (Å²) in [5.74, 6) is 0.206. The number of nitrogens with zero attached hydrogens (tertiary/aromatic N) is 7. The number of nitrogens with two attached hydrogens (primary N) is 1. The molecule has 0 aliphatic carbocycles. The fourth-order valence-electron chi connectivity index (χ4n) is 13.2. The second-order valence-electron chi connectivity index (χ2n) is 25.5. The van der Waals surface area contributed by atoms with E-state index in [1.165, 1.54) is 70.9 Å². The van der Waals surface area contributed by atoms with Crippen molar-refractivity contribution in [3.63, 3.8) is 0 Å². The average molecular weight is 1300 g/mol. The summed E-state index contributed by atoms with van der Waals surface area (Å²) in [5, 5.41) is 24.4. The van der Waals surface area contributed by atoms with Crippen molar-refractivity contribution in [2.75, 3.05) is 78.5 Å². The van der Waals surface area contributed by atoms with Crippen LogP contribution in [0.4, 0.5) is 5.69 Å². The number of benzene rings is 8. The minimum absolute atomic E-state index is 0.0460. The third-order valence-electron chi connectivity index (χ3n) is 18.7. The first-order valence-electron chi connectivity index (χ1n) is 34.0. The molecule has 7 heterocycles. The maximum absolute atomic E-state index is 12.7. The van der Waals surface area contributed by atoms with E-state index < -0.39 is 11.9 Å². The molecule has 0 unspecified atom stereocenters. The summed E-state index contributed by atoms with van der Waals surface area (Å²) in [4.78, 5) is 84.4. The summed E-state index contributed by atoms with van der Waals surface area (Å²) in [7, 11) is 0. The second kappa shape index (κ2) is 30.5. The molecule has 11 aromatic rings. The third kappa shape index (κ3) is 16.1. The zero-order valence-electron chi connectivity index (χ0n) is 54.5. The van der Waals surface area contributed by atoms with Crippen LogP contribution in [0.5, 0.6) is 0 Å². The number of piperidine rings is 3. The first-order chi connectivity index (χ1) is 47.4. The quantitative estimate of drug-likeness (QED) is 0.0398. The lowest BCUT2D eigenvalue weighted by Crippen LogP contribution is -2.37. The number of aromatic nitrogens is 6. The van der Waals surface area contributed by atoms with Crippen LogP contribution in [0.15, 0.2) is 175 Å². The first-order valence-corrected chi connectivity index (χ1v) is 34.0. The molecule has 0 saturated carbocycles. The van der Waals surface area contributed by atoms with Crippen molar-refractivity contribution in [3.8, 4) is 56.4 Å². The minimum atomic E-state index is -0.960. The average Bonchev–Trinajstić information content (AvgIpc) is 1.67. The molecule has 0 radical (unpaired) electrons. The molecule has 3 fully saturated rings. The van der Waals surface area contributed by atoms with Crippen LogP contribution in [0.3, 0.4) is 0 Å². The summed E-state index contributed by atoms with van der Waals surface area (Å²) >= 11 is 0. The van der Waals surface area contributed by atoms with Gasteiger partial charge in [-0.05, 0) is 202 Å². The van der Waals surface area contributed by atoms with Crippen LogP contribution >= 0.6 is 0 Å². The smallest absolute Gasteiger partial charge is 0.335 e. The summed E-state index contributed by atoms with van der Waals surface area (Å²) in [6.07, 6.45) is 12.5. The number of carbonyl (C=O) groups excluding carboxylic acids is 2. The predicted molar refractivity (Wildman–Crippen MR) is 384 cm³/mol. The SMILES string of the molecule is NCCN1CCCCC1.O=C(NCCN1CCCCC1)c1ccc(-c2nc3ccc(-c4ccc5nc(-c6ccc(C(=O)NCCN7CCCCC7)cc6)[nH]c5c4)cc3[nH]2)cc1.O=C(O)c1ccc(C2=Nc3cc(-c4ccc5nc(-c6ccc(C(=O)O)cc6)[nH]c5c4)ccc3C2)cc1. The van der Waals surface area contributed by atoms with Gasteiger partial charge in [-0.25, -0.2) is 24.5 Å². The topological polar surface area (TPSA) is 267 Å². The molecule has 19 heteroatoms. The molecule has 97 heavy (non-hydrogen) atoms. The number of H-pyrrole nitrogens is 3. The van der Waals surface area contributed by atoms with Gasteiger partial charge in [-0.1, -0.05) is 98.1 Å². The lowest BCUT2D eigenvalue weighted by molar-refractivity contribution is 0.0686. The molecule has 4 aliphatic rings. The van der Waals surface area contributed by atoms with Crippen molar-refractivity contribution in [2.24, 2.45) is 10.7 Å². The fourth-order valence-corrected chi connectivity index (χ4v) is 13.2. The van der Waals surface area contributed by atoms with E-state index >= 15 is 0 Å². The van der Waals surface area contributed by atoms with Crippen LogP contribution in [0, 0.1) is 0 Å². The van der Waals surface area contributed by atoms with E-state index in [9.17, 15) is 19.2 Å². The number of nitrogens with one attached hydrogen (secondary N) is 5. The molecule has 2 amide bonds. The Morgan fingerprint density at radius 1 is 0.392 bits per heavy atom. The fraction of sp³-hybridized carbons (Fsp3) is 0.282. The number of aliphatic imine (C=N–C) groups is 1. The van der Waals surface area contributed by atoms with Gasteiger partial charge >= 0.3 is 11.9 Å². The number of aromatic carboxylic acids is 2. The number of amides is 2. The van der Waals surface area contributed by atoms with Gasteiger partial charge in [-0.15, -0.1) is 0 Å². The number of carbonyl (C=O) groups is 4. The maximum atomic E-state index is 12.7. The van der Waals surface area contributed by atoms with E-state index in [1.54, 1.807) is 48.5 Å². The molecule has 8 aromatic carbocycles. The van der Waals surface area contributed by atoms with Gasteiger partial charge in [-0.2, -0.15) is 0 Å². The Morgan fingerprint density at radius 3 is 1.09 bits per heavy atom. The number of hydrogen-bond acceptors (Lipinski definition) is 12. The number of carboxylic acids is 2. The molecule has 0 bridgehead atoms. The monoisotopic (exact) mass is 1300 g/mol. The number of fused-ring (bicyclic) bond motifs is 4. The van der Waals surface area contributed by atoms with Gasteiger partial charge in [0.05, 0.1) is 55.6 Å². The van der Waals surface area contributed by atoms with Gasteiger partial charge in [0.2, 0.25) is 0 Å². The normalized spacial score (nSPS) is 15.0. The standard InChI is InChI=1S/C42H46N8O2.C29H19N3O4.C7H16N2/c51-41(43-19-25-49-21-3-1-4-22-49)31-11-7-29(8-12-31)39-45-35-17-15-33(27-37(35)47-39)34-16-18-36-38(28-34)48-40(46-36)30-9-13-32(14-10-30)42(52)44-20-26-50-23-5-2-6-24-50;33-28(34)18-5-1-16(2-6-18)24-15-22-10-9-20(13-25(22)30-24)21-11-12-23-26(14-21)32-27(31-23)17-3-7-19(8-4-17)29(35)36;8-4-7-9-5-2-1-3-6-9/h7-18,27-28H,1-6,19-26H2,(H,43,51)(H,44,52)(H,45,47)(H,46,48);1-14H,15H2,(H,31,32)(H,33,34)(H,35,36);1-8H2. The highest BCUT2D eigenvalue weighted by molar-refractivity contribution is 6.07. The van der Waals surface area contributed by atoms with Crippen molar-refractivity contribution in [2.45, 2.75) is 64.2 Å². The number of imidazole rings is 3. The molecule has 19 nitrogen and oxygen atoms in total. The van der Waals surface area contributed by atoms with E-state index in [0.29, 0.717) is 36.5 Å². The van der Waals surface area contributed by atoms with E-state index in [4.69, 9.17) is 30.9 Å². The largest absolute Gasteiger partial charge is 0.478 e. The van der Waals surface area contributed by atoms with Crippen LogP contribution in [0.2, 0.25) is 0 Å². The van der Waals surface area contributed by atoms with Gasteiger partial charge in [-0.3, -0.25) is 14.6 Å². The molecule has 3 aromatic heterocycles. The number of aromatic amines is 3. The van der Waals surface area contributed by atoms with Gasteiger partial charge in [0, 0.05) is 73.5 Å². The minimum Gasteiger partial charge on any atom is -0.478 e. The van der Waals surface area contributed by atoms with Crippen molar-refractivity contribution in [1.29, 1.82) is 0 Å². The molecular weight excluding hydrogens is 1210 g/mol. The lowest BCUT2D eigenvalue weighted by Gasteiger charge is -2.26. The van der Waals surface area contributed by atoms with Crippen LogP contribution < -0.4 is 16.4 Å². The Hall–Kier alpha value is -10.4. The van der Waals surface area contributed by atoms with E-state index in [1.807, 2.05) is 78.9 Å². The molecule has 9 N–H and O–H groups in total. The predicted octanol–water partition coefficient (Wildman–Crippen LogP) is 13.3. The Bertz CT molecular complexity index is 4460. The zero-order valence-corrected chi connectivity index (χ0v) is 54.5. The second-order valence-corrected chi connectivity index (χ2v) is 25.5. The Morgan fingerprint density at radius 2 is 0.722 bits per heavy atom. The highest BCUT2D eigenvalue weighted by Gasteiger charge is 2.20. The summed E-state index contributed by atoms with van der Waals surface area (Å²) in [6.45, 7) is 12.1. The molecule has 15 rings (SSSR count). The molecule has 4 aliphatic heterocycles. The van der Waals surface area contributed by atoms with Gasteiger partial charge < -0.3 is 56.2 Å². The summed E-state index contributed by atoms with van der Waals surface area (Å²) in [5.41, 5.74) is 23.3. The van der Waals surface area contributed by atoms with E-state index in [-0.39, 0.29) is 22.9 Å². The molecular formula is C78H81N13O6. The summed E-state index contributed by atoms with van der Waals surface area (Å²) in [6, 6.07) is 53.4. The van der Waals surface area contributed by atoms with Gasteiger partial charge in [0.25, 0.3) is 11.8 Å². The van der Waals surface area contributed by atoms with E-state index in [2.05, 4.69) is 87.7 Å². The zero-order chi connectivity index (χ0) is 66.6. The van der Waals surface area contributed by atoms with Crippen LogP contribution in [-0.4, -0.2) is 163 Å². The van der Waals surface area contributed by atoms with Gasteiger partial charge in [0.1, 0.15) is 17.5 Å². The number of carboxylic acid groups (broad SMARTS) is 2. The highest BCUT2D eigenvalue weighted by Crippen LogP contribution is 2.36. The molecule has 494 valence electrons. The van der Waals surface area contributed by atoms with Crippen molar-refractivity contribution in [1.82, 2.24) is 55.2 Å². The van der Waals surface area contributed by atoms with Crippen molar-refractivity contribution >= 4 is 68.3 Å². The van der Waals surface area contributed by atoms with E-state index in [0.717, 1.165) is 159 Å². The molecule has 3 saturated heterocycles. The molecule has 0 atom stereocenters. The van der Waals surface area contributed by atoms with Crippen LogP contribution in [0.1, 0.15) is 110 Å². The Kier molecular flexibility index (Phi) is 20.5. The third-order valence-corrected chi connectivity index (χ3v) is 18.7. The number of hydrogen-bond donors (Lipinski definition) is 8. The Balaban J connectivity index is 0.000000162.